The molecule has 0 atom stereocenters. The molecule has 0 fully saturated rings. The number of carbonyl (C=O) groups is 1. The molecule has 0 aromatic heterocycles. The predicted octanol–water partition coefficient (Wildman–Crippen LogP) is 3.60. The Morgan fingerprint density at radius 2 is 1.47 bits per heavy atom. The van der Waals surface area contributed by atoms with Crippen LogP contribution in [0, 0.1) is 0 Å². The summed E-state index contributed by atoms with van der Waals surface area (Å²) in [6.45, 7) is -0.164. The topological polar surface area (TPSA) is 112 Å². The predicted molar refractivity (Wildman–Crippen MR) is 128 cm³/mol. The van der Waals surface area contributed by atoms with Crippen molar-refractivity contribution in [1.29, 1.82) is 0 Å². The van der Waals surface area contributed by atoms with Gasteiger partial charge in [0, 0.05) is 6.07 Å². The van der Waals surface area contributed by atoms with Crippen LogP contribution >= 0.6 is 0 Å². The quantitative estimate of drug-likeness (QED) is 0.447. The maximum Gasteiger partial charge on any atom is 0.243 e. The molecule has 0 saturated carbocycles. The summed E-state index contributed by atoms with van der Waals surface area (Å²) in [5.41, 5.74) is 0.777. The van der Waals surface area contributed by atoms with Gasteiger partial charge >= 0.3 is 0 Å². The van der Waals surface area contributed by atoms with Crippen LogP contribution in [0.3, 0.4) is 0 Å². The fourth-order valence-electron chi connectivity index (χ4n) is 3.29. The maximum atomic E-state index is 13.4. The van der Waals surface area contributed by atoms with Crippen LogP contribution in [0.1, 0.15) is 0 Å². The number of carbonyl (C=O) groups excluding carboxylic acids is 1. The number of hydrogen-bond donors (Lipinski definition) is 2. The van der Waals surface area contributed by atoms with Gasteiger partial charge in [0.2, 0.25) is 15.7 Å². The third kappa shape index (κ3) is 5.18. The van der Waals surface area contributed by atoms with Crippen molar-refractivity contribution >= 4 is 27.1 Å². The average molecular weight is 487 g/mol. The Kier molecular flexibility index (Phi) is 7.85. The molecule has 0 unspecified atom stereocenters. The van der Waals surface area contributed by atoms with E-state index in [2.05, 4.69) is 10.6 Å². The smallest absolute Gasteiger partial charge is 0.243 e. The molecular formula is C24H26N2O7S. The molecule has 34 heavy (non-hydrogen) atoms. The molecule has 0 heterocycles. The summed E-state index contributed by atoms with van der Waals surface area (Å²) >= 11 is 0. The largest absolute Gasteiger partial charge is 0.497 e. The Bertz CT molecular complexity index is 1260. The van der Waals surface area contributed by atoms with Crippen molar-refractivity contribution in [3.05, 3.63) is 60.7 Å². The number of amides is 1. The summed E-state index contributed by atoms with van der Waals surface area (Å²) in [6.07, 6.45) is 0. The molecule has 0 aliphatic rings. The zero-order valence-electron chi connectivity index (χ0n) is 19.2. The molecule has 2 N–H and O–H groups in total. The molecule has 10 heteroatoms. The van der Waals surface area contributed by atoms with E-state index in [1.54, 1.807) is 42.5 Å². The van der Waals surface area contributed by atoms with E-state index in [1.165, 1.54) is 46.6 Å². The second kappa shape index (κ2) is 10.8. The standard InChI is InChI=1S/C24H26N2O7S/c1-30-16-10-11-18(21(14-16)32-3)26-22(27)15-25-19-12-13-20(31-2)24(23(19)33-4)34(28,29)17-8-6-5-7-9-17/h5-14,25H,15H2,1-4H3,(H,26,27). The van der Waals surface area contributed by atoms with Crippen molar-refractivity contribution in [2.45, 2.75) is 9.79 Å². The minimum absolute atomic E-state index is 0.0398. The lowest BCUT2D eigenvalue weighted by Crippen LogP contribution is -2.22. The Morgan fingerprint density at radius 3 is 2.09 bits per heavy atom. The van der Waals surface area contributed by atoms with Gasteiger partial charge in [0.25, 0.3) is 0 Å². The first-order chi connectivity index (χ1) is 16.3. The lowest BCUT2D eigenvalue weighted by molar-refractivity contribution is -0.114. The van der Waals surface area contributed by atoms with E-state index in [9.17, 15) is 13.2 Å². The molecule has 0 bridgehead atoms. The lowest BCUT2D eigenvalue weighted by Gasteiger charge is -2.18. The van der Waals surface area contributed by atoms with Gasteiger partial charge in [0.1, 0.15) is 17.2 Å². The van der Waals surface area contributed by atoms with Crippen molar-refractivity contribution in [3.63, 3.8) is 0 Å². The molecule has 0 aliphatic carbocycles. The van der Waals surface area contributed by atoms with Crippen LogP contribution in [0.4, 0.5) is 11.4 Å². The first kappa shape index (κ1) is 24.7. The molecule has 0 radical (unpaired) electrons. The number of ether oxygens (including phenoxy) is 4. The third-order valence-electron chi connectivity index (χ3n) is 4.94. The number of methoxy groups -OCH3 is 4. The normalized spacial score (nSPS) is 10.8. The van der Waals surface area contributed by atoms with Crippen LogP contribution in [0.25, 0.3) is 0 Å². The van der Waals surface area contributed by atoms with E-state index >= 15 is 0 Å². The van der Waals surface area contributed by atoms with E-state index < -0.39 is 9.84 Å². The van der Waals surface area contributed by atoms with Crippen molar-refractivity contribution in [2.24, 2.45) is 0 Å². The lowest BCUT2D eigenvalue weighted by atomic mass is 10.2. The number of nitrogens with one attached hydrogen (secondary N) is 2. The highest BCUT2D eigenvalue weighted by Gasteiger charge is 2.29. The Morgan fingerprint density at radius 1 is 0.794 bits per heavy atom. The summed E-state index contributed by atoms with van der Waals surface area (Å²) in [4.78, 5) is 12.5. The molecule has 0 saturated heterocycles. The molecule has 180 valence electrons. The molecule has 3 aromatic carbocycles. The fraction of sp³-hybridized carbons (Fsp3) is 0.208. The Hall–Kier alpha value is -3.92. The van der Waals surface area contributed by atoms with E-state index in [1.807, 2.05) is 0 Å². The number of anilines is 2. The Labute approximate surface area is 198 Å². The maximum absolute atomic E-state index is 13.4. The molecule has 9 nitrogen and oxygen atoms in total. The van der Waals surface area contributed by atoms with Crippen LogP contribution in [0.15, 0.2) is 70.5 Å². The van der Waals surface area contributed by atoms with E-state index in [4.69, 9.17) is 18.9 Å². The van der Waals surface area contributed by atoms with Gasteiger partial charge in [-0.3, -0.25) is 4.79 Å². The summed E-state index contributed by atoms with van der Waals surface area (Å²) in [6, 6.07) is 16.1. The van der Waals surface area contributed by atoms with Crippen molar-refractivity contribution in [3.8, 4) is 23.0 Å². The number of hydrogen-bond acceptors (Lipinski definition) is 8. The van der Waals surface area contributed by atoms with Crippen LogP contribution in [0.5, 0.6) is 23.0 Å². The summed E-state index contributed by atoms with van der Waals surface area (Å²) in [7, 11) is 1.78. The van der Waals surface area contributed by atoms with Crippen LogP contribution < -0.4 is 29.6 Å². The summed E-state index contributed by atoms with van der Waals surface area (Å²) in [5, 5.41) is 5.68. The molecule has 3 rings (SSSR count). The highest BCUT2D eigenvalue weighted by Crippen LogP contribution is 2.42. The van der Waals surface area contributed by atoms with Crippen molar-refractivity contribution < 1.29 is 32.2 Å². The first-order valence-corrected chi connectivity index (χ1v) is 11.6. The second-order valence-electron chi connectivity index (χ2n) is 6.96. The SMILES string of the molecule is COc1ccc(NC(=O)CNc2ccc(OC)c(S(=O)(=O)c3ccccc3)c2OC)c(OC)c1. The second-order valence-corrected chi connectivity index (χ2v) is 8.85. The van der Waals surface area contributed by atoms with Crippen LogP contribution in [0.2, 0.25) is 0 Å². The molecule has 3 aromatic rings. The summed E-state index contributed by atoms with van der Waals surface area (Å²) in [5.74, 6) is 0.805. The van der Waals surface area contributed by atoms with Gasteiger partial charge in [-0.15, -0.1) is 0 Å². The van der Waals surface area contributed by atoms with Gasteiger partial charge in [-0.1, -0.05) is 18.2 Å². The van der Waals surface area contributed by atoms with Gasteiger partial charge in [-0.2, -0.15) is 0 Å². The minimum atomic E-state index is -3.97. The zero-order chi connectivity index (χ0) is 24.7. The number of rotatable bonds is 10. The minimum Gasteiger partial charge on any atom is -0.497 e. The highest BCUT2D eigenvalue weighted by molar-refractivity contribution is 7.91. The highest BCUT2D eigenvalue weighted by atomic mass is 32.2. The molecule has 1 amide bonds. The van der Waals surface area contributed by atoms with E-state index in [0.29, 0.717) is 22.9 Å². The fourth-order valence-corrected chi connectivity index (χ4v) is 4.90. The number of sulfone groups is 1. The zero-order valence-corrected chi connectivity index (χ0v) is 20.1. The van der Waals surface area contributed by atoms with Gasteiger partial charge in [0.15, 0.2) is 10.6 Å². The Balaban J connectivity index is 1.87. The third-order valence-corrected chi connectivity index (χ3v) is 6.76. The van der Waals surface area contributed by atoms with Gasteiger partial charge in [-0.05, 0) is 36.4 Å². The number of benzene rings is 3. The van der Waals surface area contributed by atoms with E-state index in [-0.39, 0.29) is 33.7 Å². The first-order valence-electron chi connectivity index (χ1n) is 10.2. The van der Waals surface area contributed by atoms with Gasteiger partial charge in [-0.25, -0.2) is 8.42 Å². The molecule has 0 spiro atoms. The van der Waals surface area contributed by atoms with Crippen molar-refractivity contribution in [1.82, 2.24) is 0 Å². The average Bonchev–Trinajstić information content (AvgIpc) is 2.87. The van der Waals surface area contributed by atoms with Gasteiger partial charge < -0.3 is 29.6 Å². The van der Waals surface area contributed by atoms with E-state index in [0.717, 1.165) is 0 Å². The summed E-state index contributed by atoms with van der Waals surface area (Å²) < 4.78 is 47.9. The van der Waals surface area contributed by atoms with Crippen molar-refractivity contribution in [2.75, 3.05) is 45.6 Å². The monoisotopic (exact) mass is 486 g/mol. The van der Waals surface area contributed by atoms with Crippen LogP contribution in [-0.2, 0) is 14.6 Å². The molecular weight excluding hydrogens is 460 g/mol. The van der Waals surface area contributed by atoms with Crippen LogP contribution in [-0.4, -0.2) is 49.3 Å². The van der Waals surface area contributed by atoms with Gasteiger partial charge in [0.05, 0.1) is 51.3 Å². The molecule has 0 aliphatic heterocycles.